The van der Waals surface area contributed by atoms with Gasteiger partial charge in [0.15, 0.2) is 12.7 Å². The van der Waals surface area contributed by atoms with Crippen LogP contribution in [0.2, 0.25) is 0 Å². The SMILES string of the molecule is FC(F)(F)c1cc([B-](c2cc(C(F)(F)F)cc(C(F)(F)F)c2)(c2cc(C(F)(F)F)cc(C(F)(F)F)c2)c2cc(C(F)(F)F)cc(C(F)(F)F)c2)cc(C(F)(F)F)c1.O=C(c1cccc[n+]1Cc1ccccc1)C1CCCCC1. The van der Waals surface area contributed by atoms with Gasteiger partial charge in [0.25, 0.3) is 0 Å². The summed E-state index contributed by atoms with van der Waals surface area (Å²) in [7, 11) is 0. The van der Waals surface area contributed by atoms with E-state index >= 15 is 0 Å². The molecule has 1 fully saturated rings. The molecule has 1 aliphatic carbocycles. The van der Waals surface area contributed by atoms with Crippen molar-refractivity contribution < 1.29 is 115 Å². The number of halogens is 24. The zero-order chi connectivity index (χ0) is 58.4. The summed E-state index contributed by atoms with van der Waals surface area (Å²) >= 11 is 0. The molecule has 0 N–H and O–H groups in total. The van der Waals surface area contributed by atoms with E-state index in [1.54, 1.807) is 0 Å². The molecule has 1 saturated carbocycles. The molecule has 420 valence electrons. The number of benzene rings is 5. The number of alkyl halides is 24. The molecule has 0 amide bonds. The van der Waals surface area contributed by atoms with Gasteiger partial charge in [-0.1, -0.05) is 98.1 Å². The molecule has 0 spiro atoms. The summed E-state index contributed by atoms with van der Waals surface area (Å²) in [6.45, 7) is 0.759. The summed E-state index contributed by atoms with van der Waals surface area (Å²) in [4.78, 5) is 12.8. The van der Waals surface area contributed by atoms with Crippen LogP contribution < -0.4 is 26.4 Å². The van der Waals surface area contributed by atoms with Gasteiger partial charge >= 0.3 is 49.4 Å². The van der Waals surface area contributed by atoms with Gasteiger partial charge in [-0.25, -0.2) is 0 Å². The van der Waals surface area contributed by atoms with Crippen LogP contribution in [0.15, 0.2) is 128 Å². The van der Waals surface area contributed by atoms with Crippen LogP contribution in [0.4, 0.5) is 105 Å². The van der Waals surface area contributed by atoms with E-state index in [2.05, 4.69) is 16.7 Å². The van der Waals surface area contributed by atoms with Gasteiger partial charge in [0.05, 0.1) is 44.5 Å². The van der Waals surface area contributed by atoms with Crippen molar-refractivity contribution in [1.29, 1.82) is 0 Å². The smallest absolute Gasteiger partial charge is 0.287 e. The second-order valence-electron chi connectivity index (χ2n) is 18.1. The minimum atomic E-state index is -6.13. The highest BCUT2D eigenvalue weighted by atomic mass is 19.4. The number of rotatable bonds is 8. The van der Waals surface area contributed by atoms with Crippen molar-refractivity contribution in [2.45, 2.75) is 88.1 Å². The number of aromatic nitrogens is 1. The maximum atomic E-state index is 14.2. The van der Waals surface area contributed by atoms with E-state index in [4.69, 9.17) is 0 Å². The van der Waals surface area contributed by atoms with E-state index in [1.807, 2.05) is 42.6 Å². The number of Topliss-reactive ketones (excluding diaryl/α,β-unsaturated/α-hetero) is 1. The van der Waals surface area contributed by atoms with Gasteiger partial charge in [-0.05, 0) is 43.2 Å². The molecule has 78 heavy (non-hydrogen) atoms. The Kier molecular flexibility index (Phi) is 16.7. The Labute approximate surface area is 425 Å². The highest BCUT2D eigenvalue weighted by Crippen LogP contribution is 2.41. The number of nitrogens with zero attached hydrogens (tertiary/aromatic N) is 1. The Bertz CT molecular complexity index is 2660. The molecule has 0 unspecified atom stereocenters. The Morgan fingerprint density at radius 2 is 0.641 bits per heavy atom. The highest BCUT2D eigenvalue weighted by Gasteiger charge is 2.47. The molecule has 1 aromatic heterocycles. The normalized spacial score (nSPS) is 14.7. The molecule has 1 aliphatic rings. The molecule has 6 aromatic rings. The standard InChI is InChI=1S/C32H12BF24.C19H22NO/c34-25(35,36)13-1-14(26(37,38)39)6-21(5-13)33(22-7-15(27(40,41)42)2-16(8-22)28(43,44)45,23-9-17(29(46,47)48)3-18(10-23)30(49,50)51)24-11-19(31(52,53)54)4-20(12-24)32(55,56)57;21-19(17-11-5-2-6-12-17)18-13-7-8-14-20(18)15-16-9-3-1-4-10-16/h1-12H;1,3-4,7-10,13-14,17H,2,5-6,11-12,15H2/q-1;+1. The zero-order valence-electron chi connectivity index (χ0n) is 38.9. The average molecular weight is 1140 g/mol. The van der Waals surface area contributed by atoms with Crippen LogP contribution >= 0.6 is 0 Å². The quantitative estimate of drug-likeness (QED) is 0.0644. The number of hydrogen-bond acceptors (Lipinski definition) is 1. The Morgan fingerprint density at radius 3 is 0.910 bits per heavy atom. The average Bonchev–Trinajstić information content (AvgIpc) is 3.32. The van der Waals surface area contributed by atoms with Crippen molar-refractivity contribution >= 4 is 33.8 Å². The maximum absolute atomic E-state index is 14.2. The lowest BCUT2D eigenvalue weighted by atomic mass is 9.12. The monoisotopic (exact) mass is 1140 g/mol. The predicted octanol–water partition coefficient (Wildman–Crippen LogP) is 15.0. The summed E-state index contributed by atoms with van der Waals surface area (Å²) in [5.41, 5.74) is -28.1. The van der Waals surface area contributed by atoms with E-state index in [9.17, 15) is 110 Å². The van der Waals surface area contributed by atoms with Crippen LogP contribution in [0.25, 0.3) is 0 Å². The van der Waals surface area contributed by atoms with E-state index in [0.717, 1.165) is 25.1 Å². The summed E-state index contributed by atoms with van der Waals surface area (Å²) in [5, 5.41) is 0. The fourth-order valence-corrected chi connectivity index (χ4v) is 9.26. The molecular weight excluding hydrogens is 1110 g/mol. The van der Waals surface area contributed by atoms with Crippen molar-refractivity contribution in [2.24, 2.45) is 5.92 Å². The Balaban J connectivity index is 0.000000387. The van der Waals surface area contributed by atoms with Gasteiger partial charge in [0.1, 0.15) is 6.15 Å². The molecule has 0 radical (unpaired) electrons. The van der Waals surface area contributed by atoms with Gasteiger partial charge in [-0.15, -0.1) is 0 Å². The topological polar surface area (TPSA) is 20.9 Å². The zero-order valence-corrected chi connectivity index (χ0v) is 38.9. The second-order valence-corrected chi connectivity index (χ2v) is 18.1. The Hall–Kier alpha value is -6.70. The van der Waals surface area contributed by atoms with E-state index in [-0.39, 0.29) is 5.92 Å². The predicted molar refractivity (Wildman–Crippen MR) is 233 cm³/mol. The minimum absolute atomic E-state index is 0.225. The van der Waals surface area contributed by atoms with Crippen LogP contribution in [-0.4, -0.2) is 11.9 Å². The molecule has 1 heterocycles. The third-order valence-corrected chi connectivity index (χ3v) is 12.8. The summed E-state index contributed by atoms with van der Waals surface area (Å²) in [6.07, 6.45) is -47.0. The van der Waals surface area contributed by atoms with Crippen molar-refractivity contribution in [2.75, 3.05) is 0 Å². The number of pyridine rings is 1. The van der Waals surface area contributed by atoms with Gasteiger partial charge in [-0.2, -0.15) is 132 Å². The minimum Gasteiger partial charge on any atom is -0.287 e. The van der Waals surface area contributed by atoms with Gasteiger partial charge < -0.3 is 0 Å². The number of carbonyl (C=O) groups excluding carboxylic acids is 1. The van der Waals surface area contributed by atoms with Crippen molar-refractivity contribution in [3.05, 3.63) is 183 Å². The van der Waals surface area contributed by atoms with Crippen molar-refractivity contribution in [3.63, 3.8) is 0 Å². The third-order valence-electron chi connectivity index (χ3n) is 12.8. The molecule has 0 saturated heterocycles. The van der Waals surface area contributed by atoms with Crippen molar-refractivity contribution in [3.8, 4) is 0 Å². The number of hydrogen-bond donors (Lipinski definition) is 0. The van der Waals surface area contributed by atoms with E-state index in [1.165, 1.54) is 24.8 Å². The molecule has 0 atom stereocenters. The second kappa shape index (κ2) is 21.5. The summed E-state index contributed by atoms with van der Waals surface area (Å²) in [5.74, 6) is 0.550. The van der Waals surface area contributed by atoms with Gasteiger partial charge in [0.2, 0.25) is 11.5 Å². The third kappa shape index (κ3) is 13.9. The van der Waals surface area contributed by atoms with E-state index in [0.29, 0.717) is 5.78 Å². The van der Waals surface area contributed by atoms with Crippen LogP contribution in [-0.2, 0) is 56.0 Å². The van der Waals surface area contributed by atoms with Crippen molar-refractivity contribution in [1.82, 2.24) is 0 Å². The van der Waals surface area contributed by atoms with Crippen LogP contribution in [0.3, 0.4) is 0 Å². The first-order chi connectivity index (χ1) is 35.6. The fraction of sp³-hybridized carbons (Fsp3) is 0.294. The van der Waals surface area contributed by atoms with E-state index < -0.39 is 195 Å². The number of carbonyl (C=O) groups is 1. The largest absolute Gasteiger partial charge is 0.416 e. The highest BCUT2D eigenvalue weighted by molar-refractivity contribution is 7.20. The summed E-state index contributed by atoms with van der Waals surface area (Å²) < 4.78 is 343. The molecule has 2 nitrogen and oxygen atoms in total. The molecule has 7 rings (SSSR count). The maximum Gasteiger partial charge on any atom is 0.416 e. The summed E-state index contributed by atoms with van der Waals surface area (Å²) in [6, 6.07) is 7.45. The molecule has 5 aromatic carbocycles. The number of ketones is 1. The lowest BCUT2D eigenvalue weighted by Gasteiger charge is -2.46. The van der Waals surface area contributed by atoms with Crippen LogP contribution in [0.5, 0.6) is 0 Å². The Morgan fingerprint density at radius 1 is 0.372 bits per heavy atom. The molecule has 0 aliphatic heterocycles. The van der Waals surface area contributed by atoms with Crippen LogP contribution in [0.1, 0.15) is 92.7 Å². The molecule has 0 bridgehead atoms. The van der Waals surface area contributed by atoms with Crippen LogP contribution in [0, 0.1) is 5.92 Å². The molecular formula is C51H34BF24NO. The lowest BCUT2D eigenvalue weighted by Crippen LogP contribution is -2.75. The van der Waals surface area contributed by atoms with Gasteiger partial charge in [0, 0.05) is 23.6 Å². The lowest BCUT2D eigenvalue weighted by molar-refractivity contribution is -0.690. The first-order valence-corrected chi connectivity index (χ1v) is 22.5. The molecule has 27 heteroatoms. The first kappa shape index (κ1) is 60.5. The van der Waals surface area contributed by atoms with Gasteiger partial charge in [-0.3, -0.25) is 4.79 Å². The first-order valence-electron chi connectivity index (χ1n) is 22.5. The fourth-order valence-electron chi connectivity index (χ4n) is 9.26.